The fraction of sp³-hybridized carbons (Fsp3) is 0.188. The Labute approximate surface area is 117 Å². The van der Waals surface area contributed by atoms with Crippen molar-refractivity contribution in [3.8, 4) is 11.5 Å². The third kappa shape index (κ3) is 2.65. The van der Waals surface area contributed by atoms with Crippen molar-refractivity contribution in [2.45, 2.75) is 6.04 Å². The molecule has 2 aromatic rings. The van der Waals surface area contributed by atoms with E-state index in [0.717, 1.165) is 22.6 Å². The highest BCUT2D eigenvalue weighted by atomic mass is 16.7. The molecule has 4 heteroatoms. The number of fused-ring (bicyclic) bond motifs is 1. The highest BCUT2D eigenvalue weighted by molar-refractivity contribution is 5.81. The molecule has 0 fully saturated rings. The zero-order chi connectivity index (χ0) is 13.8. The minimum atomic E-state index is -0.248. The van der Waals surface area contributed by atoms with Crippen molar-refractivity contribution in [3.63, 3.8) is 0 Å². The molecule has 1 aliphatic heterocycles. The van der Waals surface area contributed by atoms with Gasteiger partial charge < -0.3 is 14.6 Å². The van der Waals surface area contributed by atoms with E-state index in [1.165, 1.54) is 0 Å². The van der Waals surface area contributed by atoms with Gasteiger partial charge >= 0.3 is 0 Å². The number of ether oxygens (including phenoxy) is 2. The summed E-state index contributed by atoms with van der Waals surface area (Å²) in [6.07, 6.45) is 1.75. The molecule has 3 rings (SSSR count). The number of hydrogen-bond acceptors (Lipinski definition) is 4. The van der Waals surface area contributed by atoms with Crippen LogP contribution in [0.4, 0.5) is 0 Å². The van der Waals surface area contributed by atoms with Gasteiger partial charge in [0.25, 0.3) is 0 Å². The van der Waals surface area contributed by atoms with Gasteiger partial charge in [0, 0.05) is 6.21 Å². The molecule has 0 saturated heterocycles. The van der Waals surface area contributed by atoms with Crippen molar-refractivity contribution in [2.75, 3.05) is 13.4 Å². The molecule has 20 heavy (non-hydrogen) atoms. The van der Waals surface area contributed by atoms with Crippen molar-refractivity contribution in [2.24, 2.45) is 4.99 Å². The summed E-state index contributed by atoms with van der Waals surface area (Å²) < 4.78 is 10.6. The van der Waals surface area contributed by atoms with Crippen LogP contribution in [0.3, 0.4) is 0 Å². The molecule has 1 N–H and O–H groups in total. The summed E-state index contributed by atoms with van der Waals surface area (Å²) in [4.78, 5) is 4.44. The van der Waals surface area contributed by atoms with Crippen LogP contribution in [0.15, 0.2) is 53.5 Å². The minimum Gasteiger partial charge on any atom is -0.454 e. The average molecular weight is 269 g/mol. The first kappa shape index (κ1) is 12.7. The van der Waals surface area contributed by atoms with E-state index in [-0.39, 0.29) is 19.4 Å². The smallest absolute Gasteiger partial charge is 0.231 e. The summed E-state index contributed by atoms with van der Waals surface area (Å²) >= 11 is 0. The van der Waals surface area contributed by atoms with Crippen LogP contribution in [0.5, 0.6) is 11.5 Å². The van der Waals surface area contributed by atoms with Crippen LogP contribution < -0.4 is 9.47 Å². The lowest BCUT2D eigenvalue weighted by Crippen LogP contribution is -2.01. The lowest BCUT2D eigenvalue weighted by atomic mass is 10.1. The van der Waals surface area contributed by atoms with Gasteiger partial charge in [0.15, 0.2) is 11.5 Å². The van der Waals surface area contributed by atoms with Crippen molar-refractivity contribution >= 4 is 6.21 Å². The van der Waals surface area contributed by atoms with E-state index < -0.39 is 0 Å². The van der Waals surface area contributed by atoms with Gasteiger partial charge in [-0.3, -0.25) is 4.99 Å². The van der Waals surface area contributed by atoms with Gasteiger partial charge in [0.2, 0.25) is 6.79 Å². The molecule has 0 radical (unpaired) electrons. The van der Waals surface area contributed by atoms with Crippen LogP contribution in [0, 0.1) is 0 Å². The Bertz CT molecular complexity index is 610. The molecular formula is C16H15NO3. The first-order valence-electron chi connectivity index (χ1n) is 6.45. The Balaban J connectivity index is 1.79. The number of rotatable bonds is 4. The fourth-order valence-electron chi connectivity index (χ4n) is 2.08. The molecule has 1 aliphatic rings. The number of nitrogens with zero attached hydrogens (tertiary/aromatic N) is 1. The van der Waals surface area contributed by atoms with E-state index in [1.807, 2.05) is 48.5 Å². The Hall–Kier alpha value is -2.33. The van der Waals surface area contributed by atoms with Gasteiger partial charge in [-0.25, -0.2) is 0 Å². The van der Waals surface area contributed by atoms with Crippen LogP contribution in [0.1, 0.15) is 17.2 Å². The average Bonchev–Trinajstić information content (AvgIpc) is 2.96. The van der Waals surface area contributed by atoms with E-state index in [4.69, 9.17) is 9.47 Å². The predicted octanol–water partition coefficient (Wildman–Crippen LogP) is 2.57. The molecule has 0 aliphatic carbocycles. The summed E-state index contributed by atoms with van der Waals surface area (Å²) in [5.41, 5.74) is 1.91. The molecule has 102 valence electrons. The van der Waals surface area contributed by atoms with Crippen LogP contribution in [0.25, 0.3) is 0 Å². The monoisotopic (exact) mass is 269 g/mol. The zero-order valence-corrected chi connectivity index (χ0v) is 10.9. The normalized spacial score (nSPS) is 14.7. The second kappa shape index (κ2) is 5.75. The summed E-state index contributed by atoms with van der Waals surface area (Å²) in [5.74, 6) is 1.48. The van der Waals surface area contributed by atoms with Gasteiger partial charge in [-0.05, 0) is 29.3 Å². The highest BCUT2D eigenvalue weighted by Crippen LogP contribution is 2.32. The second-order valence-corrected chi connectivity index (χ2v) is 4.50. The van der Waals surface area contributed by atoms with Crippen molar-refractivity contribution in [1.82, 2.24) is 0 Å². The number of aliphatic imine (C=N–C) groups is 1. The molecule has 0 saturated carbocycles. The minimum absolute atomic E-state index is 0.0228. The van der Waals surface area contributed by atoms with Crippen molar-refractivity contribution in [3.05, 3.63) is 59.7 Å². The number of aliphatic hydroxyl groups is 1. The first-order chi connectivity index (χ1) is 9.86. The molecule has 0 aromatic heterocycles. The molecule has 0 bridgehead atoms. The van der Waals surface area contributed by atoms with Crippen LogP contribution in [-0.4, -0.2) is 24.7 Å². The zero-order valence-electron chi connectivity index (χ0n) is 10.9. The maximum Gasteiger partial charge on any atom is 0.231 e. The molecule has 4 nitrogen and oxygen atoms in total. The van der Waals surface area contributed by atoms with E-state index in [0.29, 0.717) is 0 Å². The molecular weight excluding hydrogens is 254 g/mol. The Kier molecular flexibility index (Phi) is 3.65. The molecule has 0 spiro atoms. The molecule has 1 atom stereocenters. The van der Waals surface area contributed by atoms with Gasteiger partial charge in [-0.1, -0.05) is 30.3 Å². The highest BCUT2D eigenvalue weighted by Gasteiger charge is 2.13. The topological polar surface area (TPSA) is 51.1 Å². The fourth-order valence-corrected chi connectivity index (χ4v) is 2.08. The van der Waals surface area contributed by atoms with Gasteiger partial charge in [-0.15, -0.1) is 0 Å². The maximum absolute atomic E-state index is 9.45. The Morgan fingerprint density at radius 2 is 1.90 bits per heavy atom. The molecule has 1 unspecified atom stereocenters. The lowest BCUT2D eigenvalue weighted by molar-refractivity contribution is 0.174. The molecule has 0 amide bonds. The van der Waals surface area contributed by atoms with Crippen LogP contribution in [0.2, 0.25) is 0 Å². The quantitative estimate of drug-likeness (QED) is 0.868. The Morgan fingerprint density at radius 1 is 1.10 bits per heavy atom. The van der Waals surface area contributed by atoms with Crippen molar-refractivity contribution < 1.29 is 14.6 Å². The number of benzene rings is 2. The molecule has 2 aromatic carbocycles. The second-order valence-electron chi connectivity index (χ2n) is 4.50. The third-order valence-corrected chi connectivity index (χ3v) is 3.16. The number of aliphatic hydroxyl groups excluding tert-OH is 1. The predicted molar refractivity (Wildman–Crippen MR) is 76.4 cm³/mol. The lowest BCUT2D eigenvalue weighted by Gasteiger charge is -2.09. The maximum atomic E-state index is 9.45. The van der Waals surface area contributed by atoms with E-state index in [9.17, 15) is 5.11 Å². The van der Waals surface area contributed by atoms with E-state index in [2.05, 4.69) is 4.99 Å². The largest absolute Gasteiger partial charge is 0.454 e. The van der Waals surface area contributed by atoms with Crippen molar-refractivity contribution in [1.29, 1.82) is 0 Å². The van der Waals surface area contributed by atoms with E-state index in [1.54, 1.807) is 6.21 Å². The first-order valence-corrected chi connectivity index (χ1v) is 6.45. The summed E-state index contributed by atoms with van der Waals surface area (Å²) in [5, 5.41) is 9.45. The Morgan fingerprint density at radius 3 is 2.70 bits per heavy atom. The van der Waals surface area contributed by atoms with Crippen LogP contribution >= 0.6 is 0 Å². The summed E-state index contributed by atoms with van der Waals surface area (Å²) in [7, 11) is 0. The third-order valence-electron chi connectivity index (χ3n) is 3.16. The van der Waals surface area contributed by atoms with Crippen LogP contribution in [-0.2, 0) is 0 Å². The SMILES string of the molecule is OCC(N=Cc1ccc2c(c1)OCO2)c1ccccc1. The van der Waals surface area contributed by atoms with Gasteiger partial charge in [-0.2, -0.15) is 0 Å². The van der Waals surface area contributed by atoms with Gasteiger partial charge in [0.1, 0.15) is 0 Å². The molecule has 1 heterocycles. The van der Waals surface area contributed by atoms with E-state index >= 15 is 0 Å². The summed E-state index contributed by atoms with van der Waals surface area (Å²) in [6, 6.07) is 15.1. The summed E-state index contributed by atoms with van der Waals surface area (Å²) in [6.45, 7) is 0.240. The number of hydrogen-bond donors (Lipinski definition) is 1. The standard InChI is InChI=1S/C16H15NO3/c18-10-14(13-4-2-1-3-5-13)17-9-12-6-7-15-16(8-12)20-11-19-15/h1-9,14,18H,10-11H2. The van der Waals surface area contributed by atoms with Gasteiger partial charge in [0.05, 0.1) is 12.6 Å².